The molecular weight excluding hydrogens is 633 g/mol. The van der Waals surface area contributed by atoms with Crippen LogP contribution in [-0.2, 0) is 20.5 Å². The molecule has 1 aliphatic heterocycles. The number of imidazole rings is 1. The van der Waals surface area contributed by atoms with E-state index < -0.39 is 35.7 Å². The summed E-state index contributed by atoms with van der Waals surface area (Å²) in [6, 6.07) is 19.5. The van der Waals surface area contributed by atoms with E-state index in [4.69, 9.17) is 21.3 Å². The van der Waals surface area contributed by atoms with E-state index in [-0.39, 0.29) is 34.6 Å². The number of esters is 1. The number of hydrogen-bond acceptors (Lipinski definition) is 7. The second kappa shape index (κ2) is 12.8. The largest absolute Gasteiger partial charge is 0.463 e. The number of aliphatic imine (C=N–C) groups is 1. The van der Waals surface area contributed by atoms with E-state index in [0.29, 0.717) is 27.7 Å². The molecule has 0 saturated heterocycles. The summed E-state index contributed by atoms with van der Waals surface area (Å²) in [5.74, 6) is -3.89. The molecule has 1 amide bonds. The topological polar surface area (TPSA) is 111 Å². The van der Waals surface area contributed by atoms with Gasteiger partial charge in [0.15, 0.2) is 0 Å². The Morgan fingerprint density at radius 3 is 2.43 bits per heavy atom. The van der Waals surface area contributed by atoms with Gasteiger partial charge in [-0.3, -0.25) is 19.3 Å². The van der Waals surface area contributed by atoms with Gasteiger partial charge in [-0.25, -0.2) is 14.8 Å². The van der Waals surface area contributed by atoms with Crippen molar-refractivity contribution in [1.82, 2.24) is 19.5 Å². The van der Waals surface area contributed by atoms with Gasteiger partial charge in [0.05, 0.1) is 35.5 Å². The number of benzene rings is 2. The Bertz CT molecular complexity index is 2040. The molecular formula is C34H26ClF3N6O3. The summed E-state index contributed by atoms with van der Waals surface area (Å²) >= 11 is 6.69. The van der Waals surface area contributed by atoms with E-state index in [0.717, 1.165) is 4.57 Å². The number of pyridine rings is 2. The first-order chi connectivity index (χ1) is 22.6. The lowest BCUT2D eigenvalue weighted by Gasteiger charge is -2.33. The van der Waals surface area contributed by atoms with Crippen molar-refractivity contribution in [2.75, 3.05) is 11.9 Å². The number of anilines is 1. The SMILES string of the molecule is CCOC(=O)C1=C(c2ccc(-n3c(C(F)(F)F)nc4cnccc43)cc2)N=C(C)C(C(=O)Nc2ccccn2)C1c1ccccc1Cl. The average molecular weight is 659 g/mol. The van der Waals surface area contributed by atoms with Gasteiger partial charge in [-0.1, -0.05) is 48.0 Å². The summed E-state index contributed by atoms with van der Waals surface area (Å²) in [6.45, 7) is 3.37. The lowest BCUT2D eigenvalue weighted by Crippen LogP contribution is -2.38. The van der Waals surface area contributed by atoms with E-state index >= 15 is 0 Å². The molecule has 0 saturated carbocycles. The van der Waals surface area contributed by atoms with Crippen LogP contribution >= 0.6 is 11.6 Å². The van der Waals surface area contributed by atoms with Crippen molar-refractivity contribution in [2.45, 2.75) is 25.9 Å². The molecule has 47 heavy (non-hydrogen) atoms. The van der Waals surface area contributed by atoms with Gasteiger partial charge in [-0.15, -0.1) is 0 Å². The zero-order valence-electron chi connectivity index (χ0n) is 25.0. The molecule has 13 heteroatoms. The lowest BCUT2D eigenvalue weighted by atomic mass is 9.74. The Hall–Kier alpha value is -5.36. The monoisotopic (exact) mass is 658 g/mol. The number of amides is 1. The predicted octanol–water partition coefficient (Wildman–Crippen LogP) is 7.28. The Morgan fingerprint density at radius 2 is 1.74 bits per heavy atom. The summed E-state index contributed by atoms with van der Waals surface area (Å²) in [4.78, 5) is 44.3. The van der Waals surface area contributed by atoms with Crippen LogP contribution in [-0.4, -0.2) is 43.7 Å². The third kappa shape index (κ3) is 6.11. The normalized spacial score (nSPS) is 16.6. The number of carbonyl (C=O) groups is 2. The fourth-order valence-electron chi connectivity index (χ4n) is 5.71. The minimum Gasteiger partial charge on any atom is -0.463 e. The van der Waals surface area contributed by atoms with Gasteiger partial charge in [0, 0.05) is 40.3 Å². The maximum absolute atomic E-state index is 14.0. The number of nitrogens with zero attached hydrogens (tertiary/aromatic N) is 5. The number of alkyl halides is 3. The van der Waals surface area contributed by atoms with E-state index in [9.17, 15) is 22.8 Å². The Labute approximate surface area is 271 Å². The van der Waals surface area contributed by atoms with Crippen molar-refractivity contribution in [3.8, 4) is 5.69 Å². The van der Waals surface area contributed by atoms with E-state index in [1.165, 1.54) is 36.8 Å². The fourth-order valence-corrected chi connectivity index (χ4v) is 5.96. The van der Waals surface area contributed by atoms with Crippen LogP contribution in [0.1, 0.15) is 36.7 Å². The number of fused-ring (bicyclic) bond motifs is 1. The number of ether oxygens (including phenoxy) is 1. The van der Waals surface area contributed by atoms with E-state index in [1.807, 2.05) is 0 Å². The molecule has 2 unspecified atom stereocenters. The van der Waals surface area contributed by atoms with Crippen LogP contribution in [0.25, 0.3) is 22.4 Å². The van der Waals surface area contributed by atoms with Crippen molar-refractivity contribution in [3.05, 3.63) is 119 Å². The molecule has 2 atom stereocenters. The molecule has 0 bridgehead atoms. The van der Waals surface area contributed by atoms with Gasteiger partial charge in [0.1, 0.15) is 11.3 Å². The highest BCUT2D eigenvalue weighted by Crippen LogP contribution is 2.45. The van der Waals surface area contributed by atoms with Gasteiger partial charge >= 0.3 is 12.1 Å². The van der Waals surface area contributed by atoms with E-state index in [1.54, 1.807) is 68.4 Å². The first-order valence-corrected chi connectivity index (χ1v) is 14.9. The maximum atomic E-state index is 14.0. The summed E-state index contributed by atoms with van der Waals surface area (Å²) < 4.78 is 48.6. The van der Waals surface area contributed by atoms with Crippen molar-refractivity contribution in [1.29, 1.82) is 0 Å². The smallest absolute Gasteiger partial charge is 0.450 e. The standard InChI is InChI=1S/C34H26ClF3N6O3/c1-3-47-32(46)29-28(22-8-4-5-9-23(22)35)27(31(45)43-26-10-6-7-16-40-26)19(2)41-30(29)20-11-13-21(14-12-20)44-25-15-17-39-18-24(25)42-33(44)34(36,37)38/h4-18,27-28H,3H2,1-2H3,(H,40,43,45). The number of aromatic nitrogens is 4. The average Bonchev–Trinajstić information content (AvgIpc) is 3.46. The molecule has 4 heterocycles. The van der Waals surface area contributed by atoms with Crippen molar-refractivity contribution < 1.29 is 27.5 Å². The zero-order valence-corrected chi connectivity index (χ0v) is 25.8. The first kappa shape index (κ1) is 31.6. The highest BCUT2D eigenvalue weighted by atomic mass is 35.5. The first-order valence-electron chi connectivity index (χ1n) is 14.5. The van der Waals surface area contributed by atoms with Gasteiger partial charge in [-0.05, 0) is 55.8 Å². The van der Waals surface area contributed by atoms with Crippen molar-refractivity contribution in [2.24, 2.45) is 10.9 Å². The second-order valence-corrected chi connectivity index (χ2v) is 11.0. The minimum absolute atomic E-state index is 0.0417. The fraction of sp³-hybridized carbons (Fsp3) is 0.176. The Kier molecular flexibility index (Phi) is 8.61. The highest BCUT2D eigenvalue weighted by molar-refractivity contribution is 6.31. The molecule has 3 aromatic heterocycles. The number of nitrogens with one attached hydrogen (secondary N) is 1. The van der Waals surface area contributed by atoms with E-state index in [2.05, 4.69) is 20.3 Å². The van der Waals surface area contributed by atoms with Gasteiger partial charge < -0.3 is 10.1 Å². The molecule has 0 aliphatic carbocycles. The van der Waals surface area contributed by atoms with Crippen LogP contribution < -0.4 is 5.32 Å². The quantitative estimate of drug-likeness (QED) is 0.184. The molecule has 0 spiro atoms. The molecule has 0 fully saturated rings. The van der Waals surface area contributed by atoms with Gasteiger partial charge in [-0.2, -0.15) is 13.2 Å². The summed E-state index contributed by atoms with van der Waals surface area (Å²) in [7, 11) is 0. The Balaban J connectivity index is 1.51. The minimum atomic E-state index is -4.74. The molecule has 1 aliphatic rings. The van der Waals surface area contributed by atoms with Crippen LogP contribution in [0.3, 0.4) is 0 Å². The van der Waals surface area contributed by atoms with Crippen LogP contribution in [0.5, 0.6) is 0 Å². The van der Waals surface area contributed by atoms with Crippen molar-refractivity contribution >= 4 is 51.7 Å². The second-order valence-electron chi connectivity index (χ2n) is 10.6. The number of halogens is 4. The summed E-state index contributed by atoms with van der Waals surface area (Å²) in [6.07, 6.45) is -0.550. The number of rotatable bonds is 7. The molecule has 9 nitrogen and oxygen atoms in total. The third-order valence-electron chi connectivity index (χ3n) is 7.68. The third-order valence-corrected chi connectivity index (χ3v) is 8.03. The van der Waals surface area contributed by atoms with Crippen LogP contribution in [0.4, 0.5) is 19.0 Å². The molecule has 6 rings (SSSR count). The Morgan fingerprint density at radius 1 is 1.00 bits per heavy atom. The highest BCUT2D eigenvalue weighted by Gasteiger charge is 2.44. The molecule has 0 radical (unpaired) electrons. The van der Waals surface area contributed by atoms with Crippen LogP contribution in [0.2, 0.25) is 5.02 Å². The summed E-state index contributed by atoms with van der Waals surface area (Å²) in [5.41, 5.74) is 2.05. The molecule has 2 aromatic carbocycles. The molecule has 238 valence electrons. The molecule has 5 aromatic rings. The number of hydrogen-bond donors (Lipinski definition) is 1. The van der Waals surface area contributed by atoms with Gasteiger partial charge in [0.2, 0.25) is 11.7 Å². The maximum Gasteiger partial charge on any atom is 0.450 e. The predicted molar refractivity (Wildman–Crippen MR) is 171 cm³/mol. The molecule has 1 N–H and O–H groups in total. The number of carbonyl (C=O) groups excluding carboxylic acids is 2. The van der Waals surface area contributed by atoms with Gasteiger partial charge in [0.25, 0.3) is 0 Å². The zero-order chi connectivity index (χ0) is 33.3. The van der Waals surface area contributed by atoms with Crippen LogP contribution in [0.15, 0.2) is 102 Å². The lowest BCUT2D eigenvalue weighted by molar-refractivity contribution is -0.145. The van der Waals surface area contributed by atoms with Crippen LogP contribution in [0, 0.1) is 5.92 Å². The summed E-state index contributed by atoms with van der Waals surface area (Å²) in [5, 5.41) is 3.13. The van der Waals surface area contributed by atoms with Crippen molar-refractivity contribution in [3.63, 3.8) is 0 Å².